The molecule has 2 atom stereocenters. The number of hydrogen-bond donors (Lipinski definition) is 1. The van der Waals surface area contributed by atoms with Crippen LogP contribution in [0.1, 0.15) is 110 Å². The Morgan fingerprint density at radius 2 is 1.75 bits per heavy atom. The number of piperidine rings is 2. The summed E-state index contributed by atoms with van der Waals surface area (Å²) in [6.45, 7) is 10.1. The highest BCUT2D eigenvalue weighted by atomic mass is 32.2. The molecule has 2 amide bonds. The summed E-state index contributed by atoms with van der Waals surface area (Å²) in [6.07, 6.45) is 9.64. The first-order valence-electron chi connectivity index (χ1n) is 17.9. The number of aromatic nitrogens is 3. The van der Waals surface area contributed by atoms with Crippen molar-refractivity contribution in [2.75, 3.05) is 32.7 Å². The van der Waals surface area contributed by atoms with Crippen LogP contribution in [0.3, 0.4) is 0 Å². The molecular weight excluding hydrogens is 628 g/mol. The van der Waals surface area contributed by atoms with Crippen molar-refractivity contribution in [3.63, 3.8) is 0 Å². The van der Waals surface area contributed by atoms with E-state index in [1.54, 1.807) is 22.9 Å². The first-order chi connectivity index (χ1) is 23.1. The Morgan fingerprint density at radius 1 is 1.00 bits per heavy atom. The summed E-state index contributed by atoms with van der Waals surface area (Å²) in [5.41, 5.74) is 2.87. The van der Waals surface area contributed by atoms with E-state index in [0.29, 0.717) is 44.2 Å². The lowest BCUT2D eigenvalue weighted by Gasteiger charge is -2.42. The number of aromatic amines is 1. The molecule has 9 nitrogen and oxygen atoms in total. The second kappa shape index (κ2) is 13.6. The van der Waals surface area contributed by atoms with E-state index >= 15 is 4.39 Å². The van der Waals surface area contributed by atoms with Crippen molar-refractivity contribution in [1.29, 1.82) is 0 Å². The molecule has 0 radical (unpaired) electrons. The Kier molecular flexibility index (Phi) is 9.45. The van der Waals surface area contributed by atoms with Crippen molar-refractivity contribution < 1.29 is 16.8 Å². The molecule has 48 heavy (non-hydrogen) atoms. The predicted molar refractivity (Wildman–Crippen MR) is 192 cm³/mol. The molecule has 7 rings (SSSR count). The molecule has 0 spiro atoms. The van der Waals surface area contributed by atoms with Gasteiger partial charge in [-0.05, 0) is 98.7 Å². The zero-order valence-corrected chi connectivity index (χ0v) is 29.3. The lowest BCUT2D eigenvalue weighted by Crippen LogP contribution is -2.44. The molecule has 4 fully saturated rings. The van der Waals surface area contributed by atoms with E-state index in [0.717, 1.165) is 49.0 Å². The number of hydrogen-bond acceptors (Lipinski definition) is 6. The topological polar surface area (TPSA) is 94.5 Å². The van der Waals surface area contributed by atoms with Crippen molar-refractivity contribution >= 4 is 34.7 Å². The molecule has 1 N–H and O–H groups in total. The smallest absolute Gasteiger partial charge is 0.327 e. The predicted octanol–water partition coefficient (Wildman–Crippen LogP) is 6.72. The van der Waals surface area contributed by atoms with Crippen molar-refractivity contribution in [3.8, 4) is 0 Å². The first kappa shape index (κ1) is 33.3. The summed E-state index contributed by atoms with van der Waals surface area (Å²) in [5, 5.41) is -0.833. The van der Waals surface area contributed by atoms with Gasteiger partial charge in [-0.1, -0.05) is 39.3 Å². The molecule has 0 bridgehead atoms. The molecule has 0 unspecified atom stereocenters. The van der Waals surface area contributed by atoms with Gasteiger partial charge < -0.3 is 14.7 Å². The number of nitrogens with one attached hydrogen (secondary N) is 1. The zero-order valence-electron chi connectivity index (χ0n) is 28.5. The van der Waals surface area contributed by atoms with Crippen molar-refractivity contribution in [3.05, 3.63) is 64.0 Å². The van der Waals surface area contributed by atoms with Gasteiger partial charge in [0, 0.05) is 47.2 Å². The molecule has 1 saturated carbocycles. The summed E-state index contributed by atoms with van der Waals surface area (Å²) < 4.78 is 17.6. The van der Waals surface area contributed by atoms with Gasteiger partial charge in [0.2, 0.25) is 11.8 Å². The van der Waals surface area contributed by atoms with Gasteiger partial charge >= 0.3 is 5.69 Å². The Balaban J connectivity index is 0.00000243. The molecule has 2 aromatic heterocycles. The van der Waals surface area contributed by atoms with Crippen molar-refractivity contribution in [2.24, 2.45) is 5.41 Å². The number of carbonyl (C=O) groups excluding carboxylic acids is 2. The maximum absolute atomic E-state index is 15.8. The highest BCUT2D eigenvalue weighted by molar-refractivity contribution is 8.01. The van der Waals surface area contributed by atoms with E-state index in [1.807, 2.05) is 28.0 Å². The van der Waals surface area contributed by atoms with Crippen LogP contribution < -0.4 is 5.69 Å². The molecule has 3 aliphatic heterocycles. The highest BCUT2D eigenvalue weighted by Crippen LogP contribution is 2.49. The van der Waals surface area contributed by atoms with Gasteiger partial charge in [-0.2, -0.15) is 0 Å². The van der Waals surface area contributed by atoms with E-state index in [9.17, 15) is 14.4 Å². The third-order valence-electron chi connectivity index (χ3n) is 11.2. The molecule has 262 valence electrons. The molecule has 11 heteroatoms. The molecular formula is C37H53FN6O3S. The highest BCUT2D eigenvalue weighted by Gasteiger charge is 2.44. The summed E-state index contributed by atoms with van der Waals surface area (Å²) in [7, 11) is 0. The lowest BCUT2D eigenvalue weighted by molar-refractivity contribution is -0.136. The number of halogens is 1. The zero-order chi connectivity index (χ0) is 33.6. The number of nitrogens with zero attached hydrogens (tertiary/aromatic N) is 5. The van der Waals surface area contributed by atoms with E-state index in [1.165, 1.54) is 31.0 Å². The number of likely N-dealkylation sites (tertiary alicyclic amines) is 2. The van der Waals surface area contributed by atoms with Crippen LogP contribution in [-0.4, -0.2) is 85.1 Å². The normalized spacial score (nSPS) is 23.7. The minimum Gasteiger partial charge on any atom is -0.342 e. The average molecular weight is 681 g/mol. The van der Waals surface area contributed by atoms with E-state index in [-0.39, 0.29) is 55.3 Å². The summed E-state index contributed by atoms with van der Waals surface area (Å²) in [6, 6.07) is 9.76. The fraction of sp³-hybridized carbons (Fsp3) is 0.622. The fourth-order valence-electron chi connectivity index (χ4n) is 8.13. The van der Waals surface area contributed by atoms with E-state index in [4.69, 9.17) is 0 Å². The minimum atomic E-state index is -0.515. The Morgan fingerprint density at radius 3 is 2.44 bits per heavy atom. The molecule has 1 aliphatic carbocycles. The number of pyridine rings is 1. The third kappa shape index (κ3) is 6.69. The first-order valence-corrected chi connectivity index (χ1v) is 18.8. The summed E-state index contributed by atoms with van der Waals surface area (Å²) in [4.78, 5) is 54.0. The molecule has 3 aromatic rings. The maximum Gasteiger partial charge on any atom is 0.327 e. The number of amides is 2. The van der Waals surface area contributed by atoms with Crippen LogP contribution in [0.5, 0.6) is 0 Å². The van der Waals surface area contributed by atoms with Gasteiger partial charge in [0.05, 0.1) is 10.8 Å². The Bertz CT molecular complexity index is 1710. The SMILES string of the molecule is CC(C)(C)CCN1C(=O)[C@H](CC(=O)N2CCC(n3c(=O)[nH]c4ncccc43)CC2)S[C@H]1c1cccc(F)c1C1CCN(C2CCC2)CC1.[HH].[HH]. The number of thioether (sulfide) groups is 1. The van der Waals surface area contributed by atoms with Crippen LogP contribution in [0.15, 0.2) is 41.3 Å². The number of rotatable bonds is 8. The van der Waals surface area contributed by atoms with Crippen LogP contribution in [0, 0.1) is 11.2 Å². The van der Waals surface area contributed by atoms with Gasteiger partial charge in [0.25, 0.3) is 0 Å². The van der Waals surface area contributed by atoms with Gasteiger partial charge in [0.1, 0.15) is 11.2 Å². The number of benzene rings is 1. The molecule has 5 heterocycles. The van der Waals surface area contributed by atoms with Crippen LogP contribution >= 0.6 is 11.8 Å². The molecule has 3 saturated heterocycles. The second-order valence-corrected chi connectivity index (χ2v) is 16.7. The van der Waals surface area contributed by atoms with Crippen molar-refractivity contribution in [1.82, 2.24) is 29.2 Å². The van der Waals surface area contributed by atoms with Gasteiger partial charge in [0.15, 0.2) is 5.65 Å². The maximum atomic E-state index is 15.8. The Labute approximate surface area is 289 Å². The number of carbonyl (C=O) groups is 2. The van der Waals surface area contributed by atoms with Crippen LogP contribution in [0.4, 0.5) is 4.39 Å². The molecule has 4 aliphatic rings. The number of fused-ring (bicyclic) bond motifs is 1. The average Bonchev–Trinajstić information content (AvgIpc) is 3.54. The monoisotopic (exact) mass is 680 g/mol. The quantitative estimate of drug-likeness (QED) is 0.284. The van der Waals surface area contributed by atoms with Gasteiger partial charge in [-0.3, -0.25) is 19.1 Å². The van der Waals surface area contributed by atoms with Crippen LogP contribution in [0.2, 0.25) is 0 Å². The fourth-order valence-corrected chi connectivity index (χ4v) is 9.64. The lowest BCUT2D eigenvalue weighted by atomic mass is 9.83. The van der Waals surface area contributed by atoms with Crippen LogP contribution in [0.25, 0.3) is 11.2 Å². The Hall–Kier alpha value is -3.18. The van der Waals surface area contributed by atoms with Gasteiger partial charge in [-0.25, -0.2) is 14.2 Å². The van der Waals surface area contributed by atoms with Crippen LogP contribution in [-0.2, 0) is 9.59 Å². The van der Waals surface area contributed by atoms with E-state index in [2.05, 4.69) is 35.6 Å². The third-order valence-corrected chi connectivity index (χ3v) is 12.6. The van der Waals surface area contributed by atoms with Gasteiger partial charge in [-0.15, -0.1) is 11.8 Å². The summed E-state index contributed by atoms with van der Waals surface area (Å²) in [5.74, 6) is -0.108. The van der Waals surface area contributed by atoms with E-state index < -0.39 is 5.25 Å². The van der Waals surface area contributed by atoms with Crippen molar-refractivity contribution in [2.45, 2.75) is 107 Å². The largest absolute Gasteiger partial charge is 0.342 e. The summed E-state index contributed by atoms with van der Waals surface area (Å²) >= 11 is 1.53. The molecule has 1 aromatic carbocycles. The second-order valence-electron chi connectivity index (χ2n) is 15.4. The standard InChI is InChI=1S/C37H49FN6O3S.2H2/c1-37(2,3)16-22-43-34(46)30(23-31(45)42-20-14-26(15-21-42)44-29-11-6-17-39-33(29)40-36(44)47)48-35(43)27-9-5-10-28(38)32(27)24-12-18-41(19-13-24)25-7-4-8-25;;/h5-6,9-11,17,24-26,30,35H,4,7-8,12-16,18-23H2,1-3H3,(H,39,40,47);2*1H/t30-,35-;;/m0../s1. The number of imidazole rings is 1. The minimum absolute atomic E-state index is 0. The number of H-pyrrole nitrogens is 1.